The molecule has 0 aliphatic heterocycles. The Bertz CT molecular complexity index is 1340. The summed E-state index contributed by atoms with van der Waals surface area (Å²) < 4.78 is 11.9. The predicted molar refractivity (Wildman–Crippen MR) is 136 cm³/mol. The summed E-state index contributed by atoms with van der Waals surface area (Å²) in [5.41, 5.74) is 3.83. The lowest BCUT2D eigenvalue weighted by Gasteiger charge is -2.14. The number of nitrogens with one attached hydrogen (secondary N) is 1. The molecule has 0 atom stereocenters. The third-order valence-corrected chi connectivity index (χ3v) is 5.90. The van der Waals surface area contributed by atoms with Gasteiger partial charge < -0.3 is 14.8 Å². The maximum Gasteiger partial charge on any atom is 0.269 e. The van der Waals surface area contributed by atoms with Crippen LogP contribution < -0.4 is 14.8 Å². The number of nitriles is 1. The highest BCUT2D eigenvalue weighted by Crippen LogP contribution is 2.38. The van der Waals surface area contributed by atoms with Crippen LogP contribution in [0.3, 0.4) is 0 Å². The molecule has 0 spiro atoms. The third-order valence-electron chi connectivity index (χ3n) is 5.31. The molecular formula is C26H22BrN3O5. The summed E-state index contributed by atoms with van der Waals surface area (Å²) in [4.78, 5) is 23.1. The molecule has 3 aromatic carbocycles. The highest BCUT2D eigenvalue weighted by Gasteiger charge is 2.15. The Morgan fingerprint density at radius 2 is 1.91 bits per heavy atom. The number of anilines is 1. The molecule has 178 valence electrons. The highest BCUT2D eigenvalue weighted by atomic mass is 79.9. The molecule has 0 fully saturated rings. The van der Waals surface area contributed by atoms with Gasteiger partial charge in [-0.1, -0.05) is 12.1 Å². The Labute approximate surface area is 211 Å². The minimum atomic E-state index is -0.519. The van der Waals surface area contributed by atoms with E-state index in [-0.39, 0.29) is 17.9 Å². The standard InChI is InChI=1S/C26H22BrN3O5/c1-16-5-4-6-23(17(16)2)29-26(31)20(14-28)11-19-12-22(27)25(24(13-19)34-3)35-15-18-7-9-21(10-8-18)30(32)33/h4-13H,15H2,1-3H3,(H,29,31)/b20-11-. The van der Waals surface area contributed by atoms with E-state index < -0.39 is 10.8 Å². The number of benzene rings is 3. The van der Waals surface area contributed by atoms with Crippen molar-refractivity contribution < 1.29 is 19.2 Å². The number of aryl methyl sites for hydroxylation is 1. The first kappa shape index (κ1) is 25.5. The van der Waals surface area contributed by atoms with E-state index in [4.69, 9.17) is 9.47 Å². The van der Waals surface area contributed by atoms with Crippen molar-refractivity contribution in [1.82, 2.24) is 0 Å². The van der Waals surface area contributed by atoms with Gasteiger partial charge in [0.2, 0.25) is 0 Å². The number of amides is 1. The normalized spacial score (nSPS) is 10.9. The van der Waals surface area contributed by atoms with Crippen LogP contribution in [0.15, 0.2) is 64.6 Å². The van der Waals surface area contributed by atoms with Gasteiger partial charge in [0.1, 0.15) is 18.2 Å². The van der Waals surface area contributed by atoms with E-state index in [0.717, 1.165) is 16.7 Å². The lowest BCUT2D eigenvalue weighted by atomic mass is 10.1. The Morgan fingerprint density at radius 3 is 2.54 bits per heavy atom. The fourth-order valence-electron chi connectivity index (χ4n) is 3.22. The zero-order valence-corrected chi connectivity index (χ0v) is 20.9. The molecule has 1 amide bonds. The number of carbonyl (C=O) groups is 1. The number of nitro groups is 1. The molecule has 0 unspecified atom stereocenters. The molecule has 3 rings (SSSR count). The summed E-state index contributed by atoms with van der Waals surface area (Å²) in [5, 5.41) is 23.2. The summed E-state index contributed by atoms with van der Waals surface area (Å²) in [7, 11) is 1.48. The van der Waals surface area contributed by atoms with Crippen molar-refractivity contribution in [2.45, 2.75) is 20.5 Å². The van der Waals surface area contributed by atoms with Crippen molar-refractivity contribution in [2.75, 3.05) is 12.4 Å². The molecule has 35 heavy (non-hydrogen) atoms. The summed E-state index contributed by atoms with van der Waals surface area (Å²) in [6, 6.07) is 16.9. The van der Waals surface area contributed by atoms with Crippen LogP contribution in [0.2, 0.25) is 0 Å². The number of nitrogens with zero attached hydrogens (tertiary/aromatic N) is 2. The van der Waals surface area contributed by atoms with Gasteiger partial charge in [0, 0.05) is 17.8 Å². The van der Waals surface area contributed by atoms with Gasteiger partial charge in [-0.2, -0.15) is 5.26 Å². The topological polar surface area (TPSA) is 114 Å². The van der Waals surface area contributed by atoms with Crippen LogP contribution in [0.25, 0.3) is 6.08 Å². The van der Waals surface area contributed by atoms with Crippen molar-refractivity contribution >= 4 is 39.3 Å². The fourth-order valence-corrected chi connectivity index (χ4v) is 3.80. The number of hydrogen-bond donors (Lipinski definition) is 1. The average molecular weight is 536 g/mol. The molecular weight excluding hydrogens is 514 g/mol. The van der Waals surface area contributed by atoms with Crippen molar-refractivity contribution in [3.63, 3.8) is 0 Å². The second-order valence-electron chi connectivity index (χ2n) is 7.62. The molecule has 0 radical (unpaired) electrons. The van der Waals surface area contributed by atoms with Crippen LogP contribution in [-0.4, -0.2) is 17.9 Å². The summed E-state index contributed by atoms with van der Waals surface area (Å²) in [6.07, 6.45) is 1.47. The smallest absolute Gasteiger partial charge is 0.269 e. The molecule has 0 aliphatic carbocycles. The van der Waals surface area contributed by atoms with Gasteiger partial charge in [-0.15, -0.1) is 0 Å². The van der Waals surface area contributed by atoms with E-state index in [1.165, 1.54) is 25.3 Å². The molecule has 0 bridgehead atoms. The van der Waals surface area contributed by atoms with Gasteiger partial charge in [0.05, 0.1) is 16.5 Å². The summed E-state index contributed by atoms with van der Waals surface area (Å²) >= 11 is 3.46. The largest absolute Gasteiger partial charge is 0.493 e. The number of ether oxygens (including phenoxy) is 2. The average Bonchev–Trinajstić information content (AvgIpc) is 2.84. The zero-order chi connectivity index (χ0) is 25.5. The van der Waals surface area contributed by atoms with E-state index in [1.807, 2.05) is 32.0 Å². The molecule has 0 saturated heterocycles. The lowest BCUT2D eigenvalue weighted by Crippen LogP contribution is -2.14. The second kappa shape index (κ2) is 11.3. The fraction of sp³-hybridized carbons (Fsp3) is 0.154. The van der Waals surface area contributed by atoms with Crippen LogP contribution >= 0.6 is 15.9 Å². The number of halogens is 1. The quantitative estimate of drug-likeness (QED) is 0.161. The third kappa shape index (κ3) is 6.25. The van der Waals surface area contributed by atoms with Gasteiger partial charge in [0.15, 0.2) is 11.5 Å². The Balaban J connectivity index is 1.81. The number of rotatable bonds is 8. The molecule has 9 heteroatoms. The summed E-state index contributed by atoms with van der Waals surface area (Å²) in [6.45, 7) is 4.00. The Hall–Kier alpha value is -4.16. The van der Waals surface area contributed by atoms with E-state index in [0.29, 0.717) is 27.2 Å². The summed E-state index contributed by atoms with van der Waals surface area (Å²) in [5.74, 6) is 0.288. The molecule has 8 nitrogen and oxygen atoms in total. The lowest BCUT2D eigenvalue weighted by molar-refractivity contribution is -0.384. The molecule has 0 heterocycles. The van der Waals surface area contributed by atoms with E-state index in [2.05, 4.69) is 21.2 Å². The minimum absolute atomic E-state index is 0.00135. The van der Waals surface area contributed by atoms with E-state index >= 15 is 0 Å². The van der Waals surface area contributed by atoms with Crippen molar-refractivity contribution in [1.29, 1.82) is 5.26 Å². The maximum absolute atomic E-state index is 12.7. The molecule has 3 aromatic rings. The zero-order valence-electron chi connectivity index (χ0n) is 19.3. The number of nitro benzene ring substituents is 1. The first-order valence-corrected chi connectivity index (χ1v) is 11.3. The van der Waals surface area contributed by atoms with Crippen molar-refractivity contribution in [3.05, 3.63) is 97.0 Å². The first-order chi connectivity index (χ1) is 16.7. The SMILES string of the molecule is COc1cc(/C=C(/C#N)C(=O)Nc2cccc(C)c2C)cc(Br)c1OCc1ccc([N+](=O)[O-])cc1. The van der Waals surface area contributed by atoms with Gasteiger partial charge in [-0.25, -0.2) is 0 Å². The Kier molecular flexibility index (Phi) is 8.23. The van der Waals surface area contributed by atoms with Crippen molar-refractivity contribution in [3.8, 4) is 17.6 Å². The minimum Gasteiger partial charge on any atom is -0.493 e. The van der Waals surface area contributed by atoms with Crippen LogP contribution in [-0.2, 0) is 11.4 Å². The number of hydrogen-bond acceptors (Lipinski definition) is 6. The Morgan fingerprint density at radius 1 is 1.20 bits per heavy atom. The van der Waals surface area contributed by atoms with Crippen molar-refractivity contribution in [2.24, 2.45) is 0 Å². The maximum atomic E-state index is 12.7. The molecule has 0 saturated carbocycles. The first-order valence-electron chi connectivity index (χ1n) is 10.5. The number of methoxy groups -OCH3 is 1. The predicted octanol–water partition coefficient (Wildman–Crippen LogP) is 6.11. The highest BCUT2D eigenvalue weighted by molar-refractivity contribution is 9.10. The van der Waals surface area contributed by atoms with Crippen LogP contribution in [0.5, 0.6) is 11.5 Å². The van der Waals surface area contributed by atoms with Crippen LogP contribution in [0.1, 0.15) is 22.3 Å². The number of non-ortho nitro benzene ring substituents is 1. The monoisotopic (exact) mass is 535 g/mol. The van der Waals surface area contributed by atoms with E-state index in [9.17, 15) is 20.2 Å². The molecule has 1 N–H and O–H groups in total. The second-order valence-corrected chi connectivity index (χ2v) is 8.47. The number of carbonyl (C=O) groups excluding carboxylic acids is 1. The van der Waals surface area contributed by atoms with Gasteiger partial charge >= 0.3 is 0 Å². The molecule has 0 aromatic heterocycles. The van der Waals surface area contributed by atoms with Crippen LogP contribution in [0, 0.1) is 35.3 Å². The van der Waals surface area contributed by atoms with Gasteiger partial charge in [-0.3, -0.25) is 14.9 Å². The van der Waals surface area contributed by atoms with Gasteiger partial charge in [0.25, 0.3) is 11.6 Å². The van der Waals surface area contributed by atoms with E-state index in [1.54, 1.807) is 30.3 Å². The van der Waals surface area contributed by atoms with Crippen LogP contribution in [0.4, 0.5) is 11.4 Å². The molecule has 0 aliphatic rings. The van der Waals surface area contributed by atoms with Gasteiger partial charge in [-0.05, 0) is 88.4 Å².